The van der Waals surface area contributed by atoms with E-state index in [4.69, 9.17) is 21.7 Å². The molecule has 1 fully saturated rings. The first kappa shape index (κ1) is 20.0. The van der Waals surface area contributed by atoms with Crippen LogP contribution in [-0.2, 0) is 4.79 Å². The summed E-state index contributed by atoms with van der Waals surface area (Å²) < 4.78 is 1.86. The number of aromatic nitrogens is 3. The Morgan fingerprint density at radius 2 is 1.81 bits per heavy atom. The summed E-state index contributed by atoms with van der Waals surface area (Å²) in [7, 11) is 0. The second-order valence-corrected chi connectivity index (χ2v) is 9.23. The molecule has 1 N–H and O–H groups in total. The predicted molar refractivity (Wildman–Crippen MR) is 126 cm³/mol. The fourth-order valence-corrected chi connectivity index (χ4v) is 4.85. The Morgan fingerprint density at radius 3 is 2.48 bits per heavy atom. The highest BCUT2D eigenvalue weighted by molar-refractivity contribution is 7.20. The number of imidazole rings is 1. The number of carbonyl (C=O) groups is 1. The van der Waals surface area contributed by atoms with Crippen molar-refractivity contribution >= 4 is 44.6 Å². The number of fused-ring (bicyclic) bond motifs is 1. The molecular formula is C23H22ClN5OS. The Labute approximate surface area is 189 Å². The van der Waals surface area contributed by atoms with E-state index in [0.717, 1.165) is 53.0 Å². The number of rotatable bonds is 4. The number of anilines is 2. The summed E-state index contributed by atoms with van der Waals surface area (Å²) >= 11 is 7.50. The molecule has 158 valence electrons. The third-order valence-electron chi connectivity index (χ3n) is 5.63. The molecule has 8 heteroatoms. The molecule has 0 aliphatic carbocycles. The Bertz CT molecular complexity index is 1180. The Morgan fingerprint density at radius 1 is 1.10 bits per heavy atom. The second kappa shape index (κ2) is 8.32. The summed E-state index contributed by atoms with van der Waals surface area (Å²) in [5.41, 5.74) is 4.04. The molecule has 5 rings (SSSR count). The van der Waals surface area contributed by atoms with E-state index in [1.54, 1.807) is 23.5 Å². The average Bonchev–Trinajstić information content (AvgIpc) is 3.35. The highest BCUT2D eigenvalue weighted by atomic mass is 35.5. The van der Waals surface area contributed by atoms with E-state index in [1.807, 2.05) is 22.8 Å². The fraction of sp³-hybridized carbons (Fsp3) is 0.261. The van der Waals surface area contributed by atoms with Crippen molar-refractivity contribution in [3.8, 4) is 11.3 Å². The number of hydrogen-bond donors (Lipinski definition) is 1. The fourth-order valence-electron chi connectivity index (χ4n) is 3.79. The minimum Gasteiger partial charge on any atom is -0.347 e. The van der Waals surface area contributed by atoms with Crippen molar-refractivity contribution in [2.24, 2.45) is 5.92 Å². The third-order valence-corrected chi connectivity index (χ3v) is 6.86. The van der Waals surface area contributed by atoms with Crippen molar-refractivity contribution in [1.29, 1.82) is 0 Å². The maximum Gasteiger partial charge on any atom is 0.227 e. The number of hydrogen-bond acceptors (Lipinski definition) is 5. The third kappa shape index (κ3) is 4.29. The molecule has 3 heterocycles. The Kier molecular flexibility index (Phi) is 5.38. The summed E-state index contributed by atoms with van der Waals surface area (Å²) in [5.74, 6) is 0.0720. The number of halogens is 1. The monoisotopic (exact) mass is 451 g/mol. The van der Waals surface area contributed by atoms with Gasteiger partial charge in [0.05, 0.1) is 11.9 Å². The highest BCUT2D eigenvalue weighted by Gasteiger charge is 2.27. The second-order valence-electron chi connectivity index (χ2n) is 7.86. The van der Waals surface area contributed by atoms with Crippen molar-refractivity contribution in [1.82, 2.24) is 14.6 Å². The average molecular weight is 452 g/mol. The van der Waals surface area contributed by atoms with Gasteiger partial charge in [-0.15, -0.1) is 5.10 Å². The zero-order valence-corrected chi connectivity index (χ0v) is 18.7. The molecular weight excluding hydrogens is 430 g/mol. The van der Waals surface area contributed by atoms with E-state index in [-0.39, 0.29) is 11.8 Å². The van der Waals surface area contributed by atoms with Gasteiger partial charge in [-0.25, -0.2) is 9.50 Å². The van der Waals surface area contributed by atoms with Crippen LogP contribution in [0.1, 0.15) is 18.4 Å². The van der Waals surface area contributed by atoms with Crippen molar-refractivity contribution in [3.05, 3.63) is 65.3 Å². The molecule has 4 aromatic rings. The molecule has 0 spiro atoms. The quantitative estimate of drug-likeness (QED) is 0.458. The van der Waals surface area contributed by atoms with Crippen LogP contribution in [0.3, 0.4) is 0 Å². The maximum atomic E-state index is 12.6. The minimum atomic E-state index is 0.00381. The molecule has 0 radical (unpaired) electrons. The van der Waals surface area contributed by atoms with Gasteiger partial charge in [0.15, 0.2) is 0 Å². The molecule has 0 atom stereocenters. The Hall–Kier alpha value is -2.90. The van der Waals surface area contributed by atoms with E-state index < -0.39 is 0 Å². The minimum absolute atomic E-state index is 0.00381. The number of nitrogens with one attached hydrogen (secondary N) is 1. The van der Waals surface area contributed by atoms with Gasteiger partial charge >= 0.3 is 0 Å². The first-order valence-electron chi connectivity index (χ1n) is 10.3. The number of carbonyl (C=O) groups excluding carboxylic acids is 1. The van der Waals surface area contributed by atoms with Gasteiger partial charge in [0.1, 0.15) is 0 Å². The van der Waals surface area contributed by atoms with Gasteiger partial charge in [0.25, 0.3) is 0 Å². The SMILES string of the molecule is Cc1ccc(-c2cn3nc(N4CCC(C(=O)Nc5ccc(Cl)cc5)CC4)sc3n2)cc1. The zero-order valence-electron chi connectivity index (χ0n) is 17.1. The maximum absolute atomic E-state index is 12.6. The lowest BCUT2D eigenvalue weighted by Gasteiger charge is -2.30. The zero-order chi connectivity index (χ0) is 21.4. The van der Waals surface area contributed by atoms with E-state index in [9.17, 15) is 4.79 Å². The summed E-state index contributed by atoms with van der Waals surface area (Å²) in [4.78, 5) is 20.5. The summed E-state index contributed by atoms with van der Waals surface area (Å²) in [6, 6.07) is 15.6. The van der Waals surface area contributed by atoms with Gasteiger partial charge < -0.3 is 10.2 Å². The first-order valence-corrected chi connectivity index (χ1v) is 11.5. The van der Waals surface area contributed by atoms with Crippen LogP contribution in [0.5, 0.6) is 0 Å². The van der Waals surface area contributed by atoms with Gasteiger partial charge in [0.2, 0.25) is 16.0 Å². The van der Waals surface area contributed by atoms with E-state index in [0.29, 0.717) is 5.02 Å². The molecule has 6 nitrogen and oxygen atoms in total. The van der Waals surface area contributed by atoms with Crippen LogP contribution in [0, 0.1) is 12.8 Å². The molecule has 31 heavy (non-hydrogen) atoms. The molecule has 2 aromatic heterocycles. The molecule has 0 saturated carbocycles. The molecule has 1 aliphatic heterocycles. The van der Waals surface area contributed by atoms with Crippen molar-refractivity contribution in [3.63, 3.8) is 0 Å². The lowest BCUT2D eigenvalue weighted by Crippen LogP contribution is -2.38. The van der Waals surface area contributed by atoms with E-state index in [2.05, 4.69) is 41.4 Å². The van der Waals surface area contributed by atoms with Crippen molar-refractivity contribution in [2.75, 3.05) is 23.3 Å². The Balaban J connectivity index is 1.22. The predicted octanol–water partition coefficient (Wildman–Crippen LogP) is 5.27. The van der Waals surface area contributed by atoms with Crippen LogP contribution >= 0.6 is 22.9 Å². The highest BCUT2D eigenvalue weighted by Crippen LogP contribution is 2.30. The van der Waals surface area contributed by atoms with E-state index >= 15 is 0 Å². The largest absolute Gasteiger partial charge is 0.347 e. The lowest BCUT2D eigenvalue weighted by atomic mass is 9.96. The smallest absolute Gasteiger partial charge is 0.227 e. The van der Waals surface area contributed by atoms with Crippen LogP contribution in [0.2, 0.25) is 5.02 Å². The van der Waals surface area contributed by atoms with E-state index in [1.165, 1.54) is 5.56 Å². The number of amides is 1. The first-order chi connectivity index (χ1) is 15.0. The van der Waals surface area contributed by atoms with Crippen molar-refractivity contribution < 1.29 is 4.79 Å². The standard InChI is InChI=1S/C23H22ClN5OS/c1-15-2-4-16(5-3-15)20-14-29-22(26-20)31-23(27-29)28-12-10-17(11-13-28)21(30)25-19-8-6-18(24)7-9-19/h2-9,14,17H,10-13H2,1H3,(H,25,30). The van der Waals surface area contributed by atoms with Crippen LogP contribution in [0.25, 0.3) is 16.2 Å². The van der Waals surface area contributed by atoms with Crippen LogP contribution in [0.4, 0.5) is 10.8 Å². The van der Waals surface area contributed by atoms with Crippen LogP contribution in [0.15, 0.2) is 54.7 Å². The summed E-state index contributed by atoms with van der Waals surface area (Å²) in [6.07, 6.45) is 3.58. The molecule has 1 saturated heterocycles. The van der Waals surface area contributed by atoms with Gasteiger partial charge in [-0.2, -0.15) is 0 Å². The van der Waals surface area contributed by atoms with Crippen LogP contribution < -0.4 is 10.2 Å². The normalized spacial score (nSPS) is 14.8. The van der Waals surface area contributed by atoms with Crippen LogP contribution in [-0.4, -0.2) is 33.6 Å². The van der Waals surface area contributed by atoms with Gasteiger partial charge in [-0.3, -0.25) is 4.79 Å². The molecule has 1 amide bonds. The van der Waals surface area contributed by atoms with Gasteiger partial charge in [-0.1, -0.05) is 52.8 Å². The number of nitrogens with zero attached hydrogens (tertiary/aromatic N) is 4. The molecule has 0 unspecified atom stereocenters. The molecule has 2 aromatic carbocycles. The van der Waals surface area contributed by atoms with Crippen molar-refractivity contribution in [2.45, 2.75) is 19.8 Å². The number of piperidine rings is 1. The molecule has 1 aliphatic rings. The topological polar surface area (TPSA) is 62.5 Å². The summed E-state index contributed by atoms with van der Waals surface area (Å²) in [5, 5.41) is 9.34. The van der Waals surface area contributed by atoms with Gasteiger partial charge in [-0.05, 0) is 44.0 Å². The summed E-state index contributed by atoms with van der Waals surface area (Å²) in [6.45, 7) is 3.69. The molecule has 0 bridgehead atoms. The number of aryl methyl sites for hydroxylation is 1. The van der Waals surface area contributed by atoms with Gasteiger partial charge in [0, 0.05) is 35.3 Å². The number of benzene rings is 2. The lowest BCUT2D eigenvalue weighted by molar-refractivity contribution is -0.120.